The van der Waals surface area contributed by atoms with Crippen molar-refractivity contribution in [2.45, 2.75) is 39.8 Å². The summed E-state index contributed by atoms with van der Waals surface area (Å²) < 4.78 is 5.34. The van der Waals surface area contributed by atoms with Gasteiger partial charge in [0, 0.05) is 32.6 Å². The van der Waals surface area contributed by atoms with E-state index in [-0.39, 0.29) is 6.10 Å². The summed E-state index contributed by atoms with van der Waals surface area (Å²) in [5.74, 6) is 0.912. The molecule has 0 saturated carbocycles. The van der Waals surface area contributed by atoms with Gasteiger partial charge >= 0.3 is 0 Å². The molecule has 0 radical (unpaired) electrons. The van der Waals surface area contributed by atoms with Crippen LogP contribution < -0.4 is 5.32 Å². The van der Waals surface area contributed by atoms with Crippen molar-refractivity contribution in [3.63, 3.8) is 0 Å². The molecule has 2 rings (SSSR count). The Morgan fingerprint density at radius 2 is 2.15 bits per heavy atom. The number of rotatable bonds is 8. The number of nitrogens with zero attached hydrogens (tertiary/aromatic N) is 3. The highest BCUT2D eigenvalue weighted by Gasteiger charge is 2.12. The highest BCUT2D eigenvalue weighted by atomic mass is 32.1. The number of thiazole rings is 1. The van der Waals surface area contributed by atoms with E-state index in [1.54, 1.807) is 18.4 Å². The summed E-state index contributed by atoms with van der Waals surface area (Å²) in [6.45, 7) is 8.59. The second-order valence-corrected chi connectivity index (χ2v) is 7.21. The van der Waals surface area contributed by atoms with E-state index in [0.29, 0.717) is 0 Å². The first-order valence-corrected chi connectivity index (χ1v) is 9.94. The maximum absolute atomic E-state index is 5.34. The predicted molar refractivity (Wildman–Crippen MR) is 110 cm³/mol. The standard InChI is InChI=1S/C20H30N4OS/c1-6-21-20(22-12-11-17-10-8-7-9-15(17)2)24(4)13-18-14-26-19(23-18)16(3)25-5/h7-10,14,16H,6,11-13H2,1-5H3,(H,21,22). The molecule has 2 aromatic rings. The van der Waals surface area contributed by atoms with Gasteiger partial charge in [0.1, 0.15) is 11.1 Å². The van der Waals surface area contributed by atoms with Crippen molar-refractivity contribution in [2.24, 2.45) is 4.99 Å². The maximum Gasteiger partial charge on any atom is 0.194 e. The molecule has 0 amide bonds. The minimum atomic E-state index is 0.0371. The molecule has 1 N–H and O–H groups in total. The van der Waals surface area contributed by atoms with Crippen LogP contribution >= 0.6 is 11.3 Å². The number of aryl methyl sites for hydroxylation is 1. The van der Waals surface area contributed by atoms with E-state index in [9.17, 15) is 0 Å². The van der Waals surface area contributed by atoms with Crippen LogP contribution in [0.25, 0.3) is 0 Å². The third-order valence-electron chi connectivity index (χ3n) is 4.27. The van der Waals surface area contributed by atoms with Gasteiger partial charge in [-0.05, 0) is 38.3 Å². The molecule has 26 heavy (non-hydrogen) atoms. The van der Waals surface area contributed by atoms with Crippen LogP contribution in [0.2, 0.25) is 0 Å². The van der Waals surface area contributed by atoms with Crippen LogP contribution in [0, 0.1) is 6.92 Å². The van der Waals surface area contributed by atoms with Crippen molar-refractivity contribution in [2.75, 3.05) is 27.2 Å². The molecule has 1 aromatic carbocycles. The van der Waals surface area contributed by atoms with Crippen LogP contribution in [0.3, 0.4) is 0 Å². The second kappa shape index (κ2) is 10.3. The van der Waals surface area contributed by atoms with E-state index in [1.807, 2.05) is 14.0 Å². The van der Waals surface area contributed by atoms with E-state index in [0.717, 1.165) is 42.7 Å². The van der Waals surface area contributed by atoms with Gasteiger partial charge in [-0.3, -0.25) is 4.99 Å². The van der Waals surface area contributed by atoms with E-state index in [1.165, 1.54) is 11.1 Å². The molecular weight excluding hydrogens is 344 g/mol. The Balaban J connectivity index is 1.98. The summed E-state index contributed by atoms with van der Waals surface area (Å²) >= 11 is 1.64. The molecule has 0 saturated heterocycles. The number of nitrogens with one attached hydrogen (secondary N) is 1. The molecule has 0 bridgehead atoms. The molecule has 142 valence electrons. The Labute approximate surface area is 161 Å². The molecule has 0 aliphatic heterocycles. The van der Waals surface area contributed by atoms with Crippen molar-refractivity contribution in [1.82, 2.24) is 15.2 Å². The zero-order valence-corrected chi connectivity index (χ0v) is 17.3. The molecule has 1 heterocycles. The Kier molecular flexibility index (Phi) is 8.06. The number of aliphatic imine (C=N–C) groups is 1. The lowest BCUT2D eigenvalue weighted by Gasteiger charge is -2.21. The lowest BCUT2D eigenvalue weighted by molar-refractivity contribution is 0.119. The Bertz CT molecular complexity index is 713. The lowest BCUT2D eigenvalue weighted by atomic mass is 10.1. The largest absolute Gasteiger partial charge is 0.375 e. The quantitative estimate of drug-likeness (QED) is 0.564. The number of methoxy groups -OCH3 is 1. The average Bonchev–Trinajstić information content (AvgIpc) is 3.10. The fourth-order valence-corrected chi connectivity index (χ4v) is 3.49. The summed E-state index contributed by atoms with van der Waals surface area (Å²) in [5, 5.41) is 6.48. The highest BCUT2D eigenvalue weighted by Crippen LogP contribution is 2.20. The Hall–Kier alpha value is -1.92. The van der Waals surface area contributed by atoms with Gasteiger partial charge < -0.3 is 15.0 Å². The monoisotopic (exact) mass is 374 g/mol. The number of guanidine groups is 1. The fraction of sp³-hybridized carbons (Fsp3) is 0.500. The third-order valence-corrected chi connectivity index (χ3v) is 5.33. The SMILES string of the molecule is CCNC(=NCCc1ccccc1C)N(C)Cc1csc(C(C)OC)n1. The van der Waals surface area contributed by atoms with Crippen molar-refractivity contribution in [3.05, 3.63) is 51.5 Å². The first-order chi connectivity index (χ1) is 12.5. The van der Waals surface area contributed by atoms with E-state index >= 15 is 0 Å². The maximum atomic E-state index is 5.34. The molecule has 0 aliphatic rings. The molecule has 6 heteroatoms. The van der Waals surface area contributed by atoms with Gasteiger partial charge in [0.05, 0.1) is 12.2 Å². The van der Waals surface area contributed by atoms with Crippen LogP contribution in [0.15, 0.2) is 34.6 Å². The van der Waals surface area contributed by atoms with Crippen molar-refractivity contribution >= 4 is 17.3 Å². The second-order valence-electron chi connectivity index (χ2n) is 6.32. The van der Waals surface area contributed by atoms with Gasteiger partial charge in [-0.1, -0.05) is 24.3 Å². The first kappa shape index (κ1) is 20.4. The summed E-state index contributed by atoms with van der Waals surface area (Å²) in [6.07, 6.45) is 0.983. The van der Waals surface area contributed by atoms with E-state index in [2.05, 4.69) is 58.7 Å². The zero-order chi connectivity index (χ0) is 18.9. The van der Waals surface area contributed by atoms with Crippen LogP contribution in [0.1, 0.15) is 41.8 Å². The minimum Gasteiger partial charge on any atom is -0.375 e. The van der Waals surface area contributed by atoms with Crippen LogP contribution in [-0.2, 0) is 17.7 Å². The number of aromatic nitrogens is 1. The summed E-state index contributed by atoms with van der Waals surface area (Å²) in [5.41, 5.74) is 3.72. The molecule has 0 spiro atoms. The molecule has 1 atom stereocenters. The normalized spacial score (nSPS) is 12.9. The van der Waals surface area contributed by atoms with Gasteiger partial charge in [0.2, 0.25) is 0 Å². The minimum absolute atomic E-state index is 0.0371. The number of hydrogen-bond donors (Lipinski definition) is 1. The summed E-state index contributed by atoms with van der Waals surface area (Å²) in [4.78, 5) is 11.6. The summed E-state index contributed by atoms with van der Waals surface area (Å²) in [6, 6.07) is 8.49. The van der Waals surface area contributed by atoms with Gasteiger partial charge in [0.25, 0.3) is 0 Å². The zero-order valence-electron chi connectivity index (χ0n) is 16.5. The predicted octanol–water partition coefficient (Wildman–Crippen LogP) is 3.80. The molecule has 0 fully saturated rings. The number of benzene rings is 1. The van der Waals surface area contributed by atoms with E-state index in [4.69, 9.17) is 9.73 Å². The highest BCUT2D eigenvalue weighted by molar-refractivity contribution is 7.09. The molecule has 5 nitrogen and oxygen atoms in total. The molecule has 1 aromatic heterocycles. The van der Waals surface area contributed by atoms with Gasteiger partial charge in [-0.25, -0.2) is 4.98 Å². The molecule has 1 unspecified atom stereocenters. The number of ether oxygens (including phenoxy) is 1. The van der Waals surface area contributed by atoms with E-state index < -0.39 is 0 Å². The van der Waals surface area contributed by atoms with Crippen LogP contribution in [0.5, 0.6) is 0 Å². The Morgan fingerprint density at radius 1 is 1.38 bits per heavy atom. The Morgan fingerprint density at radius 3 is 2.85 bits per heavy atom. The van der Waals surface area contributed by atoms with Crippen LogP contribution in [0.4, 0.5) is 0 Å². The first-order valence-electron chi connectivity index (χ1n) is 9.06. The summed E-state index contributed by atoms with van der Waals surface area (Å²) in [7, 11) is 3.76. The van der Waals surface area contributed by atoms with Crippen molar-refractivity contribution in [3.8, 4) is 0 Å². The van der Waals surface area contributed by atoms with Crippen molar-refractivity contribution < 1.29 is 4.74 Å². The van der Waals surface area contributed by atoms with Crippen molar-refractivity contribution in [1.29, 1.82) is 0 Å². The van der Waals surface area contributed by atoms with Gasteiger partial charge in [-0.2, -0.15) is 0 Å². The number of hydrogen-bond acceptors (Lipinski definition) is 4. The fourth-order valence-electron chi connectivity index (χ4n) is 2.64. The molecule has 0 aliphatic carbocycles. The third kappa shape index (κ3) is 5.81. The van der Waals surface area contributed by atoms with Gasteiger partial charge in [-0.15, -0.1) is 11.3 Å². The molecular formula is C20H30N4OS. The van der Waals surface area contributed by atoms with Gasteiger partial charge in [0.15, 0.2) is 5.96 Å². The topological polar surface area (TPSA) is 49.8 Å². The average molecular weight is 375 g/mol. The lowest BCUT2D eigenvalue weighted by Crippen LogP contribution is -2.38. The van der Waals surface area contributed by atoms with Crippen LogP contribution in [-0.4, -0.2) is 43.1 Å². The smallest absolute Gasteiger partial charge is 0.194 e.